The molecule has 1 heterocycles. The van der Waals surface area contributed by atoms with E-state index < -0.39 is 0 Å². The van der Waals surface area contributed by atoms with E-state index in [-0.39, 0.29) is 17.9 Å². The summed E-state index contributed by atoms with van der Waals surface area (Å²) in [6.07, 6.45) is 3.34. The Hall–Kier alpha value is -5.00. The van der Waals surface area contributed by atoms with Gasteiger partial charge in [-0.05, 0) is 45.7 Å². The molecule has 0 unspecified atom stereocenters. The van der Waals surface area contributed by atoms with Crippen molar-refractivity contribution in [3.05, 3.63) is 156 Å². The molecule has 0 atom stereocenters. The molecule has 2 amide bonds. The van der Waals surface area contributed by atoms with Gasteiger partial charge in [0, 0.05) is 32.3 Å². The number of carbonyl (C=O) groups excluding carboxylic acids is 2. The van der Waals surface area contributed by atoms with Crippen molar-refractivity contribution >= 4 is 34.4 Å². The molecule has 1 aliphatic rings. The number of amides is 2. The summed E-state index contributed by atoms with van der Waals surface area (Å²) in [7, 11) is 0. The van der Waals surface area contributed by atoms with E-state index in [0.29, 0.717) is 24.3 Å². The van der Waals surface area contributed by atoms with Gasteiger partial charge in [-0.25, -0.2) is 0 Å². The molecule has 0 bridgehead atoms. The van der Waals surface area contributed by atoms with Crippen LogP contribution in [-0.2, 0) is 4.79 Å². The van der Waals surface area contributed by atoms with E-state index >= 15 is 0 Å². The zero-order chi connectivity index (χ0) is 28.7. The monoisotopic (exact) mass is 551 g/mol. The van der Waals surface area contributed by atoms with E-state index in [9.17, 15) is 9.59 Å². The molecule has 5 nitrogen and oxygen atoms in total. The van der Waals surface area contributed by atoms with Crippen LogP contribution in [-0.4, -0.2) is 47.8 Å². The largest absolute Gasteiger partial charge is 0.336 e. The molecule has 1 N–H and O–H groups in total. The molecular weight excluding hydrogens is 518 g/mol. The standard InChI is InChI=1S/C37H33N3O2/c41-35(23-22-29-18-11-17-28-12-7-8-19-32(28)29)38-34-21-10-9-20-33(34)37(42)40-26-24-39(25-27-40)36(30-13-3-1-4-14-30)31-15-5-2-6-16-31/h1-23,36H,24-27H2,(H,38,41)/b23-22+. The van der Waals surface area contributed by atoms with Gasteiger partial charge < -0.3 is 10.2 Å². The summed E-state index contributed by atoms with van der Waals surface area (Å²) in [5, 5.41) is 5.14. The van der Waals surface area contributed by atoms with Crippen LogP contribution < -0.4 is 5.32 Å². The fraction of sp³-hybridized carbons (Fsp3) is 0.135. The van der Waals surface area contributed by atoms with Crippen molar-refractivity contribution in [3.63, 3.8) is 0 Å². The van der Waals surface area contributed by atoms with Crippen molar-refractivity contribution in [1.29, 1.82) is 0 Å². The smallest absolute Gasteiger partial charge is 0.256 e. The van der Waals surface area contributed by atoms with Gasteiger partial charge in [-0.2, -0.15) is 0 Å². The van der Waals surface area contributed by atoms with Crippen LogP contribution in [0.15, 0.2) is 133 Å². The molecule has 1 aliphatic heterocycles. The molecule has 0 aromatic heterocycles. The number of nitrogens with zero attached hydrogens (tertiary/aromatic N) is 2. The van der Waals surface area contributed by atoms with Crippen LogP contribution in [0.4, 0.5) is 5.69 Å². The second kappa shape index (κ2) is 12.7. The van der Waals surface area contributed by atoms with Gasteiger partial charge in [0.1, 0.15) is 0 Å². The summed E-state index contributed by atoms with van der Waals surface area (Å²) in [6.45, 7) is 2.72. The summed E-state index contributed by atoms with van der Waals surface area (Å²) >= 11 is 0. The van der Waals surface area contributed by atoms with Crippen molar-refractivity contribution in [3.8, 4) is 0 Å². The first-order chi connectivity index (χ1) is 20.7. The Balaban J connectivity index is 1.14. The van der Waals surface area contributed by atoms with Crippen molar-refractivity contribution in [2.45, 2.75) is 6.04 Å². The molecule has 42 heavy (non-hydrogen) atoms. The average molecular weight is 552 g/mol. The van der Waals surface area contributed by atoms with Gasteiger partial charge >= 0.3 is 0 Å². The van der Waals surface area contributed by atoms with Crippen LogP contribution in [0, 0.1) is 0 Å². The van der Waals surface area contributed by atoms with Gasteiger partial charge in [0.2, 0.25) is 5.91 Å². The van der Waals surface area contributed by atoms with E-state index in [1.165, 1.54) is 17.2 Å². The quantitative estimate of drug-likeness (QED) is 0.221. The highest BCUT2D eigenvalue weighted by molar-refractivity contribution is 6.08. The zero-order valence-corrected chi connectivity index (χ0v) is 23.4. The molecule has 5 aromatic rings. The van der Waals surface area contributed by atoms with Crippen molar-refractivity contribution < 1.29 is 9.59 Å². The minimum absolute atomic E-state index is 0.0699. The van der Waals surface area contributed by atoms with Gasteiger partial charge in [0.05, 0.1) is 17.3 Å². The summed E-state index contributed by atoms with van der Waals surface area (Å²) in [5.41, 5.74) is 4.47. The molecule has 5 aromatic carbocycles. The molecule has 1 fully saturated rings. The lowest BCUT2D eigenvalue weighted by molar-refractivity contribution is -0.111. The Bertz CT molecular complexity index is 1660. The van der Waals surface area contributed by atoms with Crippen LogP contribution in [0.1, 0.15) is 33.1 Å². The second-order valence-corrected chi connectivity index (χ2v) is 10.5. The number of carbonyl (C=O) groups is 2. The fourth-order valence-corrected chi connectivity index (χ4v) is 5.75. The van der Waals surface area contributed by atoms with Gasteiger partial charge in [-0.1, -0.05) is 115 Å². The molecule has 0 radical (unpaired) electrons. The Kier molecular flexibility index (Phi) is 8.20. The van der Waals surface area contributed by atoms with Crippen molar-refractivity contribution in [2.24, 2.45) is 0 Å². The number of nitrogens with one attached hydrogen (secondary N) is 1. The summed E-state index contributed by atoms with van der Waals surface area (Å²) in [5.74, 6) is -0.346. The number of hydrogen-bond donors (Lipinski definition) is 1. The van der Waals surface area contributed by atoms with Crippen LogP contribution in [0.3, 0.4) is 0 Å². The topological polar surface area (TPSA) is 52.7 Å². The third-order valence-corrected chi connectivity index (χ3v) is 7.85. The number of rotatable bonds is 7. The highest BCUT2D eigenvalue weighted by Gasteiger charge is 2.29. The first-order valence-corrected chi connectivity index (χ1v) is 14.4. The Morgan fingerprint density at radius 1 is 0.643 bits per heavy atom. The van der Waals surface area contributed by atoms with E-state index in [4.69, 9.17) is 0 Å². The van der Waals surface area contributed by atoms with Crippen molar-refractivity contribution in [2.75, 3.05) is 31.5 Å². The molecule has 208 valence electrons. The number of benzene rings is 5. The minimum Gasteiger partial charge on any atom is -0.336 e. The average Bonchev–Trinajstić information content (AvgIpc) is 3.05. The van der Waals surface area contributed by atoms with E-state index in [2.05, 4.69) is 70.9 Å². The molecule has 1 saturated heterocycles. The number of para-hydroxylation sites is 1. The second-order valence-electron chi connectivity index (χ2n) is 10.5. The first-order valence-electron chi connectivity index (χ1n) is 14.4. The molecule has 0 saturated carbocycles. The van der Waals surface area contributed by atoms with Crippen LogP contribution in [0.2, 0.25) is 0 Å². The molecule has 6 rings (SSSR count). The highest BCUT2D eigenvalue weighted by atomic mass is 16.2. The summed E-state index contributed by atoms with van der Waals surface area (Å²) in [6, 6.07) is 42.6. The summed E-state index contributed by atoms with van der Waals surface area (Å²) < 4.78 is 0. The Morgan fingerprint density at radius 2 is 1.24 bits per heavy atom. The zero-order valence-electron chi connectivity index (χ0n) is 23.4. The predicted molar refractivity (Wildman–Crippen MR) is 170 cm³/mol. The first kappa shape index (κ1) is 27.2. The minimum atomic E-state index is -0.276. The van der Waals surface area contributed by atoms with Gasteiger partial charge in [-0.3, -0.25) is 14.5 Å². The lowest BCUT2D eigenvalue weighted by Gasteiger charge is -2.40. The van der Waals surface area contributed by atoms with Crippen LogP contribution in [0.25, 0.3) is 16.8 Å². The number of hydrogen-bond acceptors (Lipinski definition) is 3. The normalized spacial score (nSPS) is 14.0. The van der Waals surface area contributed by atoms with Gasteiger partial charge in [0.15, 0.2) is 0 Å². The van der Waals surface area contributed by atoms with E-state index in [1.54, 1.807) is 12.1 Å². The maximum Gasteiger partial charge on any atom is 0.256 e. The molecular formula is C37H33N3O2. The summed E-state index contributed by atoms with van der Waals surface area (Å²) in [4.78, 5) is 30.9. The third kappa shape index (κ3) is 6.02. The molecule has 0 aliphatic carbocycles. The van der Waals surface area contributed by atoms with Gasteiger partial charge in [-0.15, -0.1) is 0 Å². The highest BCUT2D eigenvalue weighted by Crippen LogP contribution is 2.30. The third-order valence-electron chi connectivity index (χ3n) is 7.85. The Labute approximate surface area is 246 Å². The maximum absolute atomic E-state index is 13.7. The number of piperazine rings is 1. The predicted octanol–water partition coefficient (Wildman–Crippen LogP) is 7.04. The molecule has 5 heteroatoms. The van der Waals surface area contributed by atoms with Crippen LogP contribution in [0.5, 0.6) is 0 Å². The fourth-order valence-electron chi connectivity index (χ4n) is 5.75. The number of fused-ring (bicyclic) bond motifs is 1. The number of anilines is 1. The maximum atomic E-state index is 13.7. The Morgan fingerprint density at radius 3 is 1.95 bits per heavy atom. The SMILES string of the molecule is O=C(/C=C/c1cccc2ccccc12)Nc1ccccc1C(=O)N1CCN(C(c2ccccc2)c2ccccc2)CC1. The van der Waals surface area contributed by atoms with Gasteiger partial charge in [0.25, 0.3) is 5.91 Å². The lowest BCUT2D eigenvalue weighted by atomic mass is 9.96. The van der Waals surface area contributed by atoms with E-state index in [1.807, 2.05) is 65.6 Å². The van der Waals surface area contributed by atoms with Crippen molar-refractivity contribution in [1.82, 2.24) is 9.80 Å². The molecule has 0 spiro atoms. The lowest BCUT2D eigenvalue weighted by Crippen LogP contribution is -2.50. The van der Waals surface area contributed by atoms with Crippen LogP contribution >= 0.6 is 0 Å². The van der Waals surface area contributed by atoms with E-state index in [0.717, 1.165) is 29.4 Å².